The van der Waals surface area contributed by atoms with E-state index in [2.05, 4.69) is 11.9 Å². The standard InChI is InChI=1S/C12H10NO3/c1-2-9-4-3-5-11(6-9)16-12-13-10(7-14)8-15-12/h3-6,8H,2H2,1H3. The Morgan fingerprint density at radius 3 is 3.06 bits per heavy atom. The van der Waals surface area contributed by atoms with Crippen LogP contribution in [-0.2, 0) is 11.2 Å². The first kappa shape index (κ1) is 10.4. The second-order valence-corrected chi connectivity index (χ2v) is 3.20. The maximum Gasteiger partial charge on any atom is 0.399 e. The molecule has 4 heteroatoms. The third kappa shape index (κ3) is 2.28. The minimum Gasteiger partial charge on any atom is -0.416 e. The summed E-state index contributed by atoms with van der Waals surface area (Å²) in [7, 11) is 0. The van der Waals surface area contributed by atoms with Crippen molar-refractivity contribution in [1.82, 2.24) is 4.98 Å². The zero-order chi connectivity index (χ0) is 11.4. The zero-order valence-electron chi connectivity index (χ0n) is 8.77. The maximum absolute atomic E-state index is 10.3. The quantitative estimate of drug-likeness (QED) is 0.787. The van der Waals surface area contributed by atoms with Crippen molar-refractivity contribution >= 4 is 6.29 Å². The van der Waals surface area contributed by atoms with Gasteiger partial charge in [-0.25, -0.2) is 0 Å². The Bertz CT molecular complexity index is 491. The van der Waals surface area contributed by atoms with Gasteiger partial charge in [-0.2, -0.15) is 4.98 Å². The number of nitrogens with zero attached hydrogens (tertiary/aromatic N) is 1. The van der Waals surface area contributed by atoms with Crippen molar-refractivity contribution in [2.24, 2.45) is 0 Å². The van der Waals surface area contributed by atoms with Gasteiger partial charge in [0.05, 0.1) is 0 Å². The first-order valence-electron chi connectivity index (χ1n) is 4.92. The van der Waals surface area contributed by atoms with Crippen molar-refractivity contribution in [3.05, 3.63) is 41.8 Å². The molecule has 1 radical (unpaired) electrons. The molecule has 1 heterocycles. The fourth-order valence-electron chi connectivity index (χ4n) is 1.28. The van der Waals surface area contributed by atoms with Crippen LogP contribution in [0.1, 0.15) is 18.2 Å². The minimum absolute atomic E-state index is 0.0478. The number of ether oxygens (including phenoxy) is 1. The summed E-state index contributed by atoms with van der Waals surface area (Å²) < 4.78 is 10.3. The molecule has 0 bridgehead atoms. The van der Waals surface area contributed by atoms with Gasteiger partial charge in [0, 0.05) is 0 Å². The molecule has 2 rings (SSSR count). The molecule has 0 aliphatic heterocycles. The molecular formula is C12H10NO3. The maximum atomic E-state index is 10.3. The average molecular weight is 216 g/mol. The molecule has 81 valence electrons. The molecule has 0 unspecified atom stereocenters. The lowest BCUT2D eigenvalue weighted by Crippen LogP contribution is -1.87. The molecule has 0 aliphatic carbocycles. The lowest BCUT2D eigenvalue weighted by atomic mass is 10.2. The molecule has 0 aliphatic rings. The molecule has 0 N–H and O–H groups in total. The van der Waals surface area contributed by atoms with Gasteiger partial charge < -0.3 is 9.15 Å². The summed E-state index contributed by atoms with van der Waals surface area (Å²) in [6.07, 6.45) is 3.80. The summed E-state index contributed by atoms with van der Waals surface area (Å²) in [5.74, 6) is 0.638. The van der Waals surface area contributed by atoms with Crippen LogP contribution in [-0.4, -0.2) is 11.3 Å². The van der Waals surface area contributed by atoms with Gasteiger partial charge in [0.1, 0.15) is 12.0 Å². The molecule has 0 saturated heterocycles. The lowest BCUT2D eigenvalue weighted by Gasteiger charge is -2.02. The number of benzene rings is 1. The van der Waals surface area contributed by atoms with Crippen molar-refractivity contribution in [3.63, 3.8) is 0 Å². The minimum atomic E-state index is 0.0478. The number of hydrogen-bond donors (Lipinski definition) is 0. The Balaban J connectivity index is 2.16. The van der Waals surface area contributed by atoms with Crippen molar-refractivity contribution in [2.75, 3.05) is 0 Å². The second-order valence-electron chi connectivity index (χ2n) is 3.20. The molecule has 1 aromatic carbocycles. The third-order valence-electron chi connectivity index (χ3n) is 2.10. The van der Waals surface area contributed by atoms with Crippen LogP contribution in [0.3, 0.4) is 0 Å². The number of aryl methyl sites for hydroxylation is 1. The molecule has 1 aromatic heterocycles. The van der Waals surface area contributed by atoms with Crippen molar-refractivity contribution in [1.29, 1.82) is 0 Å². The van der Waals surface area contributed by atoms with Crippen LogP contribution >= 0.6 is 0 Å². The summed E-state index contributed by atoms with van der Waals surface area (Å²) in [4.78, 5) is 14.0. The number of aromatic nitrogens is 1. The molecule has 0 saturated carbocycles. The Labute approximate surface area is 92.9 Å². The summed E-state index contributed by atoms with van der Waals surface area (Å²) >= 11 is 0. The summed E-state index contributed by atoms with van der Waals surface area (Å²) in [6, 6.07) is 7.60. The largest absolute Gasteiger partial charge is 0.416 e. The van der Waals surface area contributed by atoms with Gasteiger partial charge in [-0.3, -0.25) is 4.79 Å². The normalized spacial score (nSPS) is 10.1. The lowest BCUT2D eigenvalue weighted by molar-refractivity contribution is 0.330. The molecule has 0 amide bonds. The van der Waals surface area contributed by atoms with Gasteiger partial charge >= 0.3 is 6.08 Å². The highest BCUT2D eigenvalue weighted by molar-refractivity contribution is 5.71. The fourth-order valence-corrected chi connectivity index (χ4v) is 1.28. The van der Waals surface area contributed by atoms with E-state index in [9.17, 15) is 4.79 Å². The molecular weight excluding hydrogens is 206 g/mol. The zero-order valence-corrected chi connectivity index (χ0v) is 8.77. The van der Waals surface area contributed by atoms with Gasteiger partial charge in [-0.05, 0) is 24.1 Å². The SMILES string of the molecule is CCc1cccc(Oc2nc([C]=O)co2)c1. The van der Waals surface area contributed by atoms with E-state index in [1.165, 1.54) is 6.26 Å². The van der Waals surface area contributed by atoms with Crippen LogP contribution in [0.5, 0.6) is 11.8 Å². The average Bonchev–Trinajstić information content (AvgIpc) is 2.77. The van der Waals surface area contributed by atoms with E-state index in [1.807, 2.05) is 18.2 Å². The van der Waals surface area contributed by atoms with E-state index in [1.54, 1.807) is 12.4 Å². The smallest absolute Gasteiger partial charge is 0.399 e. The van der Waals surface area contributed by atoms with Crippen LogP contribution in [0.2, 0.25) is 0 Å². The topological polar surface area (TPSA) is 52.3 Å². The highest BCUT2D eigenvalue weighted by atomic mass is 16.6. The summed E-state index contributed by atoms with van der Waals surface area (Å²) in [5.41, 5.74) is 1.26. The summed E-state index contributed by atoms with van der Waals surface area (Å²) in [5, 5.41) is 0. The van der Waals surface area contributed by atoms with Gasteiger partial charge in [-0.1, -0.05) is 19.1 Å². The van der Waals surface area contributed by atoms with E-state index in [-0.39, 0.29) is 11.8 Å². The molecule has 0 atom stereocenters. The van der Waals surface area contributed by atoms with E-state index in [0.29, 0.717) is 5.75 Å². The number of hydrogen-bond acceptors (Lipinski definition) is 4. The molecule has 0 fully saturated rings. The van der Waals surface area contributed by atoms with Crippen molar-refractivity contribution in [3.8, 4) is 11.8 Å². The van der Waals surface area contributed by atoms with Crippen LogP contribution in [0.25, 0.3) is 0 Å². The molecule has 4 nitrogen and oxygen atoms in total. The van der Waals surface area contributed by atoms with Gasteiger partial charge in [0.2, 0.25) is 0 Å². The Hall–Kier alpha value is -2.10. The second kappa shape index (κ2) is 4.61. The Morgan fingerprint density at radius 2 is 2.38 bits per heavy atom. The van der Waals surface area contributed by atoms with Gasteiger partial charge in [-0.15, -0.1) is 0 Å². The predicted octanol–water partition coefficient (Wildman–Crippen LogP) is 2.49. The Morgan fingerprint density at radius 1 is 1.50 bits per heavy atom. The van der Waals surface area contributed by atoms with Gasteiger partial charge in [0.15, 0.2) is 5.69 Å². The first-order valence-corrected chi connectivity index (χ1v) is 4.92. The number of oxazole rings is 1. The highest BCUT2D eigenvalue weighted by Gasteiger charge is 2.06. The molecule has 16 heavy (non-hydrogen) atoms. The van der Waals surface area contributed by atoms with Crippen LogP contribution in [0.4, 0.5) is 0 Å². The highest BCUT2D eigenvalue weighted by Crippen LogP contribution is 2.21. The van der Waals surface area contributed by atoms with E-state index < -0.39 is 0 Å². The van der Waals surface area contributed by atoms with E-state index in [0.717, 1.165) is 12.0 Å². The van der Waals surface area contributed by atoms with Crippen LogP contribution in [0.15, 0.2) is 34.9 Å². The van der Waals surface area contributed by atoms with E-state index >= 15 is 0 Å². The van der Waals surface area contributed by atoms with Gasteiger partial charge in [0.25, 0.3) is 6.29 Å². The first-order chi connectivity index (χ1) is 7.81. The third-order valence-corrected chi connectivity index (χ3v) is 2.10. The van der Waals surface area contributed by atoms with Crippen molar-refractivity contribution in [2.45, 2.75) is 13.3 Å². The monoisotopic (exact) mass is 216 g/mol. The number of rotatable bonds is 4. The molecule has 0 spiro atoms. The van der Waals surface area contributed by atoms with Crippen molar-refractivity contribution < 1.29 is 13.9 Å². The predicted molar refractivity (Wildman–Crippen MR) is 57.2 cm³/mol. The number of carbonyl (C=O) groups excluding carboxylic acids is 1. The van der Waals surface area contributed by atoms with E-state index in [4.69, 9.17) is 9.15 Å². The molecule has 2 aromatic rings. The Kier molecular flexibility index (Phi) is 3.00. The van der Waals surface area contributed by atoms with Crippen LogP contribution < -0.4 is 4.74 Å². The summed E-state index contributed by atoms with van der Waals surface area (Å²) in [6.45, 7) is 2.06. The van der Waals surface area contributed by atoms with Crippen LogP contribution in [0, 0.1) is 0 Å². The fraction of sp³-hybridized carbons (Fsp3) is 0.167.